The second-order valence-corrected chi connectivity index (χ2v) is 8.93. The number of anilines is 1. The minimum absolute atomic E-state index is 0.00864. The number of imidazole rings is 1. The number of aromatic nitrogens is 4. The Balaban J connectivity index is 1.67. The summed E-state index contributed by atoms with van der Waals surface area (Å²) < 4.78 is 2.10. The molecule has 34 heavy (non-hydrogen) atoms. The molecule has 0 unspecified atom stereocenters. The van der Waals surface area contributed by atoms with Crippen molar-refractivity contribution in [3.05, 3.63) is 59.9 Å². The maximum atomic E-state index is 12.9. The predicted octanol–water partition coefficient (Wildman–Crippen LogP) is 3.06. The number of nitrogens with zero attached hydrogens (tertiary/aromatic N) is 6. The average molecular weight is 462 g/mol. The third kappa shape index (κ3) is 5.31. The largest absolute Gasteiger partial charge is 0.337 e. The van der Waals surface area contributed by atoms with Gasteiger partial charge >= 0.3 is 0 Å². The topological polar surface area (TPSA) is 96.3 Å². The van der Waals surface area contributed by atoms with Crippen LogP contribution in [-0.2, 0) is 4.79 Å². The summed E-state index contributed by atoms with van der Waals surface area (Å²) in [7, 11) is 3.95. The molecule has 1 atom stereocenters. The highest BCUT2D eigenvalue weighted by Gasteiger charge is 2.27. The molecule has 4 rings (SSSR count). The molecule has 0 aliphatic carbocycles. The summed E-state index contributed by atoms with van der Waals surface area (Å²) in [6.45, 7) is 4.04. The number of likely N-dealkylation sites (tertiary alicyclic amines) is 1. The monoisotopic (exact) mass is 461 g/mol. The lowest BCUT2D eigenvalue weighted by Crippen LogP contribution is -2.35. The normalized spacial score (nSPS) is 16.8. The van der Waals surface area contributed by atoms with E-state index in [0.29, 0.717) is 24.6 Å². The summed E-state index contributed by atoms with van der Waals surface area (Å²) in [5, 5.41) is 10.5. The maximum absolute atomic E-state index is 12.9. The van der Waals surface area contributed by atoms with Gasteiger partial charge in [-0.25, -0.2) is 4.98 Å². The first kappa shape index (κ1) is 23.6. The lowest BCUT2D eigenvalue weighted by atomic mass is 10.1. The molecule has 1 N–H and O–H groups in total. The standard InChI is InChI=1S/C25H31N7O2/c1-18-8-6-10-21-23(18)32(25(28-21)29-24(34)19-12-13-26-27-16-19)20-9-4-5-15-31(17-20)22(33)11-7-14-30(2)3/h6-8,10-13,16,20H,4-5,9,14-15,17H2,1-3H3,(H,28,29,34)/t20-/m1/s1. The summed E-state index contributed by atoms with van der Waals surface area (Å²) >= 11 is 0. The van der Waals surface area contributed by atoms with E-state index in [1.165, 1.54) is 12.4 Å². The summed E-state index contributed by atoms with van der Waals surface area (Å²) in [6, 6.07) is 7.57. The zero-order valence-electron chi connectivity index (χ0n) is 19.9. The highest BCUT2D eigenvalue weighted by Crippen LogP contribution is 2.32. The van der Waals surface area contributed by atoms with Gasteiger partial charge in [-0.15, -0.1) is 0 Å². The first-order valence-electron chi connectivity index (χ1n) is 11.6. The van der Waals surface area contributed by atoms with E-state index in [1.54, 1.807) is 12.1 Å². The van der Waals surface area contributed by atoms with Crippen molar-refractivity contribution in [1.29, 1.82) is 0 Å². The van der Waals surface area contributed by atoms with E-state index in [2.05, 4.69) is 20.1 Å². The third-order valence-corrected chi connectivity index (χ3v) is 6.04. The number of carbonyl (C=O) groups is 2. The maximum Gasteiger partial charge on any atom is 0.259 e. The third-order valence-electron chi connectivity index (χ3n) is 6.04. The van der Waals surface area contributed by atoms with Crippen LogP contribution in [0, 0.1) is 6.92 Å². The molecular formula is C25H31N7O2. The lowest BCUT2D eigenvalue weighted by Gasteiger charge is -2.26. The smallest absolute Gasteiger partial charge is 0.259 e. The summed E-state index contributed by atoms with van der Waals surface area (Å²) in [5.74, 6) is 0.203. The van der Waals surface area contributed by atoms with Crippen molar-refractivity contribution in [1.82, 2.24) is 29.5 Å². The number of likely N-dealkylation sites (N-methyl/N-ethyl adjacent to an activating group) is 1. The SMILES string of the molecule is Cc1cccc2nc(NC(=O)c3ccnnc3)n([C@@H]3CCCCN(C(=O)C=CCN(C)C)C3)c12. The van der Waals surface area contributed by atoms with E-state index in [9.17, 15) is 9.59 Å². The van der Waals surface area contributed by atoms with E-state index < -0.39 is 0 Å². The first-order valence-corrected chi connectivity index (χ1v) is 11.6. The number of benzene rings is 1. The fraction of sp³-hybridized carbons (Fsp3) is 0.400. The minimum Gasteiger partial charge on any atom is -0.337 e. The Morgan fingerprint density at radius 1 is 1.21 bits per heavy atom. The van der Waals surface area contributed by atoms with E-state index in [-0.39, 0.29) is 17.9 Å². The molecule has 1 aliphatic heterocycles. The Kier molecular flexibility index (Phi) is 7.32. The van der Waals surface area contributed by atoms with Crippen molar-refractivity contribution >= 4 is 28.8 Å². The van der Waals surface area contributed by atoms with Crippen molar-refractivity contribution < 1.29 is 9.59 Å². The molecule has 9 nitrogen and oxygen atoms in total. The van der Waals surface area contributed by atoms with E-state index in [4.69, 9.17) is 4.98 Å². The van der Waals surface area contributed by atoms with Crippen LogP contribution in [0.3, 0.4) is 0 Å². The van der Waals surface area contributed by atoms with Gasteiger partial charge in [-0.2, -0.15) is 10.2 Å². The number of aryl methyl sites for hydroxylation is 1. The van der Waals surface area contributed by atoms with Crippen LogP contribution in [0.4, 0.5) is 5.95 Å². The number of fused-ring (bicyclic) bond motifs is 1. The van der Waals surface area contributed by atoms with E-state index in [0.717, 1.165) is 42.4 Å². The summed E-state index contributed by atoms with van der Waals surface area (Å²) in [4.78, 5) is 34.5. The Hall–Kier alpha value is -3.59. The van der Waals surface area contributed by atoms with Crippen molar-refractivity contribution in [2.45, 2.75) is 32.2 Å². The van der Waals surface area contributed by atoms with Crippen LogP contribution < -0.4 is 5.32 Å². The first-order chi connectivity index (χ1) is 16.4. The second kappa shape index (κ2) is 10.6. The molecule has 0 spiro atoms. The molecule has 3 heterocycles. The molecule has 1 aromatic carbocycles. The lowest BCUT2D eigenvalue weighted by molar-refractivity contribution is -0.126. The summed E-state index contributed by atoms with van der Waals surface area (Å²) in [6.07, 6.45) is 9.31. The average Bonchev–Trinajstić information content (AvgIpc) is 3.01. The molecular weight excluding hydrogens is 430 g/mol. The fourth-order valence-corrected chi connectivity index (χ4v) is 4.36. The Bertz CT molecular complexity index is 1190. The molecule has 178 valence electrons. The van der Waals surface area contributed by atoms with Gasteiger partial charge in [0.15, 0.2) is 0 Å². The predicted molar refractivity (Wildman–Crippen MR) is 132 cm³/mol. The molecule has 0 saturated carbocycles. The van der Waals surface area contributed by atoms with Gasteiger partial charge in [-0.05, 0) is 58.0 Å². The van der Waals surface area contributed by atoms with Gasteiger partial charge in [0.2, 0.25) is 11.9 Å². The quantitative estimate of drug-likeness (QED) is 0.567. The minimum atomic E-state index is -0.294. The number of nitrogens with one attached hydrogen (secondary N) is 1. The van der Waals surface area contributed by atoms with Crippen LogP contribution in [0.25, 0.3) is 11.0 Å². The zero-order valence-corrected chi connectivity index (χ0v) is 19.9. The molecule has 0 radical (unpaired) electrons. The molecule has 9 heteroatoms. The van der Waals surface area contributed by atoms with Gasteiger partial charge in [0.05, 0.1) is 35.0 Å². The second-order valence-electron chi connectivity index (χ2n) is 8.93. The van der Waals surface area contributed by atoms with Crippen LogP contribution in [0.5, 0.6) is 0 Å². The van der Waals surface area contributed by atoms with Gasteiger partial charge < -0.3 is 14.4 Å². The van der Waals surface area contributed by atoms with Crippen LogP contribution >= 0.6 is 0 Å². The van der Waals surface area contributed by atoms with Crippen LogP contribution in [-0.4, -0.2) is 75.1 Å². The molecule has 3 aromatic rings. The molecule has 0 bridgehead atoms. The van der Waals surface area contributed by atoms with Crippen molar-refractivity contribution in [3.8, 4) is 0 Å². The fourth-order valence-electron chi connectivity index (χ4n) is 4.36. The molecule has 2 amide bonds. The number of hydrogen-bond donors (Lipinski definition) is 1. The van der Waals surface area contributed by atoms with Gasteiger partial charge in [0.1, 0.15) is 0 Å². The van der Waals surface area contributed by atoms with Crippen LogP contribution in [0.2, 0.25) is 0 Å². The van der Waals surface area contributed by atoms with Gasteiger partial charge in [-0.3, -0.25) is 14.9 Å². The van der Waals surface area contributed by atoms with E-state index in [1.807, 2.05) is 55.1 Å². The Labute approximate surface area is 199 Å². The molecule has 1 saturated heterocycles. The Morgan fingerprint density at radius 2 is 2.06 bits per heavy atom. The van der Waals surface area contributed by atoms with Gasteiger partial charge in [0.25, 0.3) is 5.91 Å². The number of carbonyl (C=O) groups excluding carboxylic acids is 2. The van der Waals surface area contributed by atoms with E-state index >= 15 is 0 Å². The number of hydrogen-bond acceptors (Lipinski definition) is 6. The number of amides is 2. The van der Waals surface area contributed by atoms with Gasteiger partial charge in [0, 0.05) is 25.7 Å². The molecule has 1 aliphatic rings. The Morgan fingerprint density at radius 3 is 2.82 bits per heavy atom. The number of para-hydroxylation sites is 1. The molecule has 2 aromatic heterocycles. The van der Waals surface area contributed by atoms with Crippen molar-refractivity contribution in [2.24, 2.45) is 0 Å². The van der Waals surface area contributed by atoms with Crippen molar-refractivity contribution in [3.63, 3.8) is 0 Å². The number of rotatable bonds is 6. The molecule has 1 fully saturated rings. The summed E-state index contributed by atoms with van der Waals surface area (Å²) in [5.41, 5.74) is 3.28. The highest BCUT2D eigenvalue weighted by molar-refractivity contribution is 6.04. The van der Waals surface area contributed by atoms with Crippen LogP contribution in [0.1, 0.15) is 41.2 Å². The zero-order chi connectivity index (χ0) is 24.1. The van der Waals surface area contributed by atoms with Crippen molar-refractivity contribution in [2.75, 3.05) is 39.0 Å². The van der Waals surface area contributed by atoms with Gasteiger partial charge in [-0.1, -0.05) is 18.2 Å². The van der Waals surface area contributed by atoms with Crippen LogP contribution in [0.15, 0.2) is 48.8 Å². The highest BCUT2D eigenvalue weighted by atomic mass is 16.2.